The summed E-state index contributed by atoms with van der Waals surface area (Å²) in [6.07, 6.45) is 2.06. The maximum atomic E-state index is 13.7. The number of halogens is 1. The quantitative estimate of drug-likeness (QED) is 0.908. The van der Waals surface area contributed by atoms with Crippen molar-refractivity contribution in [1.82, 2.24) is 4.90 Å². The van der Waals surface area contributed by atoms with E-state index in [1.165, 1.54) is 18.2 Å². The topological polar surface area (TPSA) is 58.6 Å². The van der Waals surface area contributed by atoms with E-state index in [1.807, 2.05) is 0 Å². The zero-order valence-electron chi connectivity index (χ0n) is 13.7. The molecule has 0 aromatic heterocycles. The number of ether oxygens (including phenoxy) is 1. The van der Waals surface area contributed by atoms with Crippen LogP contribution in [0.25, 0.3) is 0 Å². The molecule has 0 atom stereocenters. The summed E-state index contributed by atoms with van der Waals surface area (Å²) in [6, 6.07) is 12.5. The molecule has 1 N–H and O–H groups in total. The van der Waals surface area contributed by atoms with Crippen molar-refractivity contribution in [3.05, 3.63) is 59.9 Å². The zero-order chi connectivity index (χ0) is 17.6. The Balaban J connectivity index is 1.60. The van der Waals surface area contributed by atoms with E-state index in [-0.39, 0.29) is 18.1 Å². The summed E-state index contributed by atoms with van der Waals surface area (Å²) in [7, 11) is 0. The largest absolute Gasteiger partial charge is 0.484 e. The number of anilines is 1. The molecule has 5 nitrogen and oxygen atoms in total. The van der Waals surface area contributed by atoms with Crippen LogP contribution in [-0.2, 0) is 4.79 Å². The number of benzene rings is 2. The van der Waals surface area contributed by atoms with Gasteiger partial charge in [-0.25, -0.2) is 4.39 Å². The van der Waals surface area contributed by atoms with E-state index in [0.717, 1.165) is 25.9 Å². The lowest BCUT2D eigenvalue weighted by molar-refractivity contribution is -0.132. The molecule has 0 saturated carbocycles. The second-order valence-electron chi connectivity index (χ2n) is 5.84. The number of likely N-dealkylation sites (tertiary alicyclic amines) is 1. The summed E-state index contributed by atoms with van der Waals surface area (Å²) in [5, 5.41) is 2.63. The maximum Gasteiger partial charge on any atom is 0.260 e. The highest BCUT2D eigenvalue weighted by atomic mass is 19.1. The monoisotopic (exact) mass is 342 g/mol. The molecule has 1 fully saturated rings. The van der Waals surface area contributed by atoms with Gasteiger partial charge in [0, 0.05) is 24.8 Å². The molecule has 1 aliphatic rings. The fraction of sp³-hybridized carbons (Fsp3) is 0.263. The first kappa shape index (κ1) is 17.0. The number of amides is 2. The fourth-order valence-corrected chi connectivity index (χ4v) is 2.71. The lowest BCUT2D eigenvalue weighted by atomic mass is 10.2. The average molecular weight is 342 g/mol. The summed E-state index contributed by atoms with van der Waals surface area (Å²) >= 11 is 0. The Bertz CT molecular complexity index is 773. The third-order valence-corrected chi connectivity index (χ3v) is 4.03. The maximum absolute atomic E-state index is 13.7. The Morgan fingerprint density at radius 3 is 2.60 bits per heavy atom. The number of carbonyl (C=O) groups excluding carboxylic acids is 2. The number of hydrogen-bond donors (Lipinski definition) is 1. The van der Waals surface area contributed by atoms with Crippen LogP contribution >= 0.6 is 0 Å². The predicted octanol–water partition coefficient (Wildman–Crippen LogP) is 3.08. The van der Waals surface area contributed by atoms with Crippen LogP contribution in [0.2, 0.25) is 0 Å². The zero-order valence-corrected chi connectivity index (χ0v) is 13.7. The molecule has 1 heterocycles. The molecule has 0 spiro atoms. The van der Waals surface area contributed by atoms with Gasteiger partial charge in [0.25, 0.3) is 11.8 Å². The van der Waals surface area contributed by atoms with Gasteiger partial charge in [-0.3, -0.25) is 9.59 Å². The molecule has 3 rings (SSSR count). The number of rotatable bonds is 5. The van der Waals surface area contributed by atoms with Crippen molar-refractivity contribution in [2.24, 2.45) is 0 Å². The highest BCUT2D eigenvalue weighted by Crippen LogP contribution is 2.19. The predicted molar refractivity (Wildman–Crippen MR) is 92.1 cm³/mol. The number of nitrogens with zero attached hydrogens (tertiary/aromatic N) is 1. The van der Waals surface area contributed by atoms with Crippen LogP contribution in [0.4, 0.5) is 10.1 Å². The molecule has 1 aliphatic heterocycles. The molecule has 2 aromatic carbocycles. The molecule has 2 amide bonds. The van der Waals surface area contributed by atoms with E-state index in [1.54, 1.807) is 35.2 Å². The SMILES string of the molecule is O=C(Nc1cccc(OCC(=O)N2CCCC2)c1)c1ccccc1F. The van der Waals surface area contributed by atoms with Crippen molar-refractivity contribution in [2.75, 3.05) is 25.0 Å². The van der Waals surface area contributed by atoms with Gasteiger partial charge in [-0.15, -0.1) is 0 Å². The van der Waals surface area contributed by atoms with Crippen LogP contribution in [-0.4, -0.2) is 36.4 Å². The molecule has 0 radical (unpaired) electrons. The van der Waals surface area contributed by atoms with E-state index in [2.05, 4.69) is 5.32 Å². The standard InChI is InChI=1S/C19H19FN2O3/c20-17-9-2-1-8-16(17)19(24)21-14-6-5-7-15(12-14)25-13-18(23)22-10-3-4-11-22/h1-2,5-9,12H,3-4,10-11,13H2,(H,21,24). The average Bonchev–Trinajstić information content (AvgIpc) is 3.15. The molecule has 0 unspecified atom stereocenters. The fourth-order valence-electron chi connectivity index (χ4n) is 2.71. The van der Waals surface area contributed by atoms with Crippen LogP contribution in [0, 0.1) is 5.82 Å². The minimum atomic E-state index is -0.580. The highest BCUT2D eigenvalue weighted by Gasteiger charge is 2.18. The summed E-state index contributed by atoms with van der Waals surface area (Å²) in [6.45, 7) is 1.52. The van der Waals surface area contributed by atoms with Gasteiger partial charge in [0.15, 0.2) is 6.61 Å². The van der Waals surface area contributed by atoms with Crippen LogP contribution < -0.4 is 10.1 Å². The van der Waals surface area contributed by atoms with E-state index in [0.29, 0.717) is 11.4 Å². The van der Waals surface area contributed by atoms with Crippen LogP contribution in [0.5, 0.6) is 5.75 Å². The summed E-state index contributed by atoms with van der Waals surface area (Å²) < 4.78 is 19.2. The number of carbonyl (C=O) groups is 2. The first-order valence-electron chi connectivity index (χ1n) is 8.20. The van der Waals surface area contributed by atoms with Gasteiger partial charge in [0.1, 0.15) is 11.6 Å². The van der Waals surface area contributed by atoms with Gasteiger partial charge in [-0.1, -0.05) is 18.2 Å². The van der Waals surface area contributed by atoms with Gasteiger partial charge in [0.05, 0.1) is 5.56 Å². The van der Waals surface area contributed by atoms with Crippen molar-refractivity contribution >= 4 is 17.5 Å². The second kappa shape index (κ2) is 7.79. The molecule has 2 aromatic rings. The summed E-state index contributed by atoms with van der Waals surface area (Å²) in [5.74, 6) is -0.691. The molecule has 0 aliphatic carbocycles. The molecular weight excluding hydrogens is 323 g/mol. The molecular formula is C19H19FN2O3. The van der Waals surface area contributed by atoms with Crippen molar-refractivity contribution in [1.29, 1.82) is 0 Å². The van der Waals surface area contributed by atoms with Crippen molar-refractivity contribution < 1.29 is 18.7 Å². The molecule has 0 bridgehead atoms. The van der Waals surface area contributed by atoms with E-state index < -0.39 is 11.7 Å². The Morgan fingerprint density at radius 1 is 1.08 bits per heavy atom. The Labute approximate surface area is 145 Å². The highest BCUT2D eigenvalue weighted by molar-refractivity contribution is 6.04. The van der Waals surface area contributed by atoms with Gasteiger partial charge in [-0.05, 0) is 37.1 Å². The van der Waals surface area contributed by atoms with E-state index in [9.17, 15) is 14.0 Å². The van der Waals surface area contributed by atoms with Crippen LogP contribution in [0.3, 0.4) is 0 Å². The Hall–Kier alpha value is -2.89. The number of hydrogen-bond acceptors (Lipinski definition) is 3. The van der Waals surface area contributed by atoms with Crippen molar-refractivity contribution in [2.45, 2.75) is 12.8 Å². The van der Waals surface area contributed by atoms with Gasteiger partial charge in [0.2, 0.25) is 0 Å². The van der Waals surface area contributed by atoms with Gasteiger partial charge in [-0.2, -0.15) is 0 Å². The lowest BCUT2D eigenvalue weighted by Crippen LogP contribution is -2.32. The summed E-state index contributed by atoms with van der Waals surface area (Å²) in [5.41, 5.74) is 0.442. The van der Waals surface area contributed by atoms with Crippen LogP contribution in [0.1, 0.15) is 23.2 Å². The molecule has 6 heteroatoms. The first-order valence-corrected chi connectivity index (χ1v) is 8.20. The minimum Gasteiger partial charge on any atom is -0.484 e. The molecule has 1 saturated heterocycles. The smallest absolute Gasteiger partial charge is 0.260 e. The first-order chi connectivity index (χ1) is 12.1. The van der Waals surface area contributed by atoms with Gasteiger partial charge < -0.3 is 15.0 Å². The molecule has 25 heavy (non-hydrogen) atoms. The minimum absolute atomic E-state index is 0.0296. The van der Waals surface area contributed by atoms with Crippen molar-refractivity contribution in [3.8, 4) is 5.75 Å². The Morgan fingerprint density at radius 2 is 1.84 bits per heavy atom. The third-order valence-electron chi connectivity index (χ3n) is 4.03. The summed E-state index contributed by atoms with van der Waals surface area (Å²) in [4.78, 5) is 25.9. The van der Waals surface area contributed by atoms with E-state index in [4.69, 9.17) is 4.74 Å². The van der Waals surface area contributed by atoms with E-state index >= 15 is 0 Å². The molecule has 130 valence electrons. The second-order valence-corrected chi connectivity index (χ2v) is 5.84. The van der Waals surface area contributed by atoms with Gasteiger partial charge >= 0.3 is 0 Å². The normalized spacial score (nSPS) is 13.6. The van der Waals surface area contributed by atoms with Crippen LogP contribution in [0.15, 0.2) is 48.5 Å². The lowest BCUT2D eigenvalue weighted by Gasteiger charge is -2.15. The van der Waals surface area contributed by atoms with Crippen molar-refractivity contribution in [3.63, 3.8) is 0 Å². The Kier molecular flexibility index (Phi) is 5.28. The third kappa shape index (κ3) is 4.35. The number of nitrogens with one attached hydrogen (secondary N) is 1.